The molecule has 0 atom stereocenters. The second kappa shape index (κ2) is 6.85. The van der Waals surface area contributed by atoms with Crippen molar-refractivity contribution in [3.05, 3.63) is 18.8 Å². The van der Waals surface area contributed by atoms with E-state index in [2.05, 4.69) is 13.5 Å². The van der Waals surface area contributed by atoms with Gasteiger partial charge >= 0.3 is 5.97 Å². The summed E-state index contributed by atoms with van der Waals surface area (Å²) in [5.74, 6) is -0.693. The van der Waals surface area contributed by atoms with E-state index in [0.29, 0.717) is 6.61 Å². The first kappa shape index (κ1) is 11.2. The minimum Gasteiger partial charge on any atom is -0.463 e. The molecular formula is C9H15O3. The number of carbonyl (C=O) groups excluding carboxylic acids is 1. The molecule has 69 valence electrons. The molecule has 0 aromatic carbocycles. The van der Waals surface area contributed by atoms with Gasteiger partial charge in [-0.25, -0.2) is 4.79 Å². The molecule has 0 saturated heterocycles. The van der Waals surface area contributed by atoms with Gasteiger partial charge in [0, 0.05) is 0 Å². The zero-order valence-electron chi connectivity index (χ0n) is 7.38. The van der Waals surface area contributed by atoms with E-state index in [9.17, 15) is 4.79 Å². The van der Waals surface area contributed by atoms with Crippen LogP contribution in [0.15, 0.2) is 12.7 Å². The molecule has 1 N–H and O–H groups in total. The van der Waals surface area contributed by atoms with Crippen molar-refractivity contribution in [2.75, 3.05) is 6.61 Å². The maximum Gasteiger partial charge on any atom is 0.346 e. The highest BCUT2D eigenvalue weighted by molar-refractivity contribution is 5.84. The largest absolute Gasteiger partial charge is 0.463 e. The first-order valence-electron chi connectivity index (χ1n) is 4.07. The van der Waals surface area contributed by atoms with Crippen molar-refractivity contribution in [3.8, 4) is 0 Å². The number of aliphatic hydroxyl groups is 1. The van der Waals surface area contributed by atoms with Gasteiger partial charge in [-0.1, -0.05) is 26.3 Å². The zero-order chi connectivity index (χ0) is 9.40. The summed E-state index contributed by atoms with van der Waals surface area (Å²) in [6, 6.07) is 0. The molecule has 0 aliphatic carbocycles. The number of esters is 1. The van der Waals surface area contributed by atoms with Crippen molar-refractivity contribution in [3.63, 3.8) is 0 Å². The molecule has 0 aliphatic rings. The van der Waals surface area contributed by atoms with Crippen LogP contribution in [0.2, 0.25) is 0 Å². The van der Waals surface area contributed by atoms with E-state index in [1.807, 2.05) is 0 Å². The summed E-state index contributed by atoms with van der Waals surface area (Å²) < 4.78 is 4.70. The van der Waals surface area contributed by atoms with Crippen LogP contribution in [0.1, 0.15) is 26.2 Å². The Bertz CT molecular complexity index is 143. The maximum absolute atomic E-state index is 10.8. The lowest BCUT2D eigenvalue weighted by atomic mass is 10.3. The van der Waals surface area contributed by atoms with Crippen LogP contribution < -0.4 is 0 Å². The Morgan fingerprint density at radius 3 is 2.75 bits per heavy atom. The number of aliphatic hydroxyl groups excluding tert-OH is 1. The molecule has 3 heteroatoms. The van der Waals surface area contributed by atoms with Gasteiger partial charge in [0.2, 0.25) is 6.10 Å². The lowest BCUT2D eigenvalue weighted by Gasteiger charge is -2.04. The first-order chi connectivity index (χ1) is 5.72. The van der Waals surface area contributed by atoms with E-state index < -0.39 is 12.1 Å². The molecule has 0 rings (SSSR count). The van der Waals surface area contributed by atoms with Crippen LogP contribution in [0.4, 0.5) is 0 Å². The van der Waals surface area contributed by atoms with E-state index >= 15 is 0 Å². The number of ether oxygens (including phenoxy) is 1. The molecule has 0 fully saturated rings. The zero-order valence-corrected chi connectivity index (χ0v) is 7.38. The first-order valence-corrected chi connectivity index (χ1v) is 4.07. The van der Waals surface area contributed by atoms with Crippen molar-refractivity contribution >= 4 is 5.97 Å². The lowest BCUT2D eigenvalue weighted by Crippen LogP contribution is -2.13. The Kier molecular flexibility index (Phi) is 6.38. The number of unbranched alkanes of at least 4 members (excludes halogenated alkanes) is 2. The molecule has 3 nitrogen and oxygen atoms in total. The average Bonchev–Trinajstić information content (AvgIpc) is 2.10. The molecule has 0 aromatic rings. The van der Waals surface area contributed by atoms with Crippen LogP contribution in [-0.2, 0) is 9.53 Å². The summed E-state index contributed by atoms with van der Waals surface area (Å²) in [5, 5.41) is 8.81. The van der Waals surface area contributed by atoms with Crippen molar-refractivity contribution < 1.29 is 14.6 Å². The van der Waals surface area contributed by atoms with Crippen LogP contribution in [0.25, 0.3) is 0 Å². The van der Waals surface area contributed by atoms with Gasteiger partial charge in [0.05, 0.1) is 6.61 Å². The number of rotatable bonds is 6. The van der Waals surface area contributed by atoms with Crippen molar-refractivity contribution in [1.29, 1.82) is 0 Å². The van der Waals surface area contributed by atoms with Crippen LogP contribution in [-0.4, -0.2) is 17.7 Å². The SMILES string of the molecule is C=C[C](O)C(=O)OCCCCC. The van der Waals surface area contributed by atoms with Crippen LogP contribution >= 0.6 is 0 Å². The standard InChI is InChI=1S/C9H15O3/c1-3-5-6-7-12-9(11)8(10)4-2/h4,10H,2-3,5-7H2,1H3. The molecule has 0 unspecified atom stereocenters. The summed E-state index contributed by atoms with van der Waals surface area (Å²) in [6.07, 6.45) is 3.59. The van der Waals surface area contributed by atoms with Gasteiger partial charge in [-0.3, -0.25) is 0 Å². The van der Waals surface area contributed by atoms with E-state index in [1.165, 1.54) is 0 Å². The maximum atomic E-state index is 10.8. The molecule has 0 aromatic heterocycles. The van der Waals surface area contributed by atoms with E-state index in [4.69, 9.17) is 9.84 Å². The smallest absolute Gasteiger partial charge is 0.346 e. The molecule has 0 heterocycles. The third kappa shape index (κ3) is 4.91. The highest BCUT2D eigenvalue weighted by Gasteiger charge is 2.12. The fraction of sp³-hybridized carbons (Fsp3) is 0.556. The highest BCUT2D eigenvalue weighted by atomic mass is 16.5. The number of carbonyl (C=O) groups is 1. The molecule has 0 aliphatic heterocycles. The monoisotopic (exact) mass is 171 g/mol. The van der Waals surface area contributed by atoms with Crippen LogP contribution in [0.5, 0.6) is 0 Å². The molecule has 0 spiro atoms. The van der Waals surface area contributed by atoms with Gasteiger partial charge in [0.25, 0.3) is 0 Å². The normalized spacial score (nSPS) is 9.92. The molecular weight excluding hydrogens is 156 g/mol. The minimum absolute atomic E-state index is 0.366. The molecule has 0 saturated carbocycles. The Morgan fingerprint density at radius 2 is 2.25 bits per heavy atom. The van der Waals surface area contributed by atoms with E-state index in [0.717, 1.165) is 25.3 Å². The van der Waals surface area contributed by atoms with E-state index in [-0.39, 0.29) is 0 Å². The predicted molar refractivity (Wildman–Crippen MR) is 45.9 cm³/mol. The molecule has 12 heavy (non-hydrogen) atoms. The second-order valence-corrected chi connectivity index (χ2v) is 2.43. The lowest BCUT2D eigenvalue weighted by molar-refractivity contribution is -0.145. The van der Waals surface area contributed by atoms with Gasteiger partial charge in [0.1, 0.15) is 0 Å². The molecule has 0 bridgehead atoms. The summed E-state index contributed by atoms with van der Waals surface area (Å²) in [5.41, 5.74) is 0. The van der Waals surface area contributed by atoms with Crippen molar-refractivity contribution in [2.45, 2.75) is 26.2 Å². The van der Waals surface area contributed by atoms with Crippen molar-refractivity contribution in [2.24, 2.45) is 0 Å². The Balaban J connectivity index is 3.37. The highest BCUT2D eigenvalue weighted by Crippen LogP contribution is 2.00. The second-order valence-electron chi connectivity index (χ2n) is 2.43. The summed E-state index contributed by atoms with van der Waals surface area (Å²) >= 11 is 0. The quantitative estimate of drug-likeness (QED) is 0.489. The van der Waals surface area contributed by atoms with Gasteiger partial charge in [-0.05, 0) is 12.5 Å². The molecule has 1 radical (unpaired) electrons. The van der Waals surface area contributed by atoms with E-state index in [1.54, 1.807) is 0 Å². The van der Waals surface area contributed by atoms with Gasteiger partial charge in [0.15, 0.2) is 0 Å². The number of hydrogen-bond donors (Lipinski definition) is 1. The third-order valence-electron chi connectivity index (χ3n) is 1.38. The minimum atomic E-state index is -0.693. The van der Waals surface area contributed by atoms with Gasteiger partial charge in [-0.2, -0.15) is 0 Å². The Hall–Kier alpha value is -0.830. The van der Waals surface area contributed by atoms with Gasteiger partial charge < -0.3 is 9.84 Å². The fourth-order valence-electron chi connectivity index (χ4n) is 0.674. The predicted octanol–water partition coefficient (Wildman–Crippen LogP) is 1.81. The summed E-state index contributed by atoms with van der Waals surface area (Å²) in [4.78, 5) is 10.8. The van der Waals surface area contributed by atoms with Gasteiger partial charge in [-0.15, -0.1) is 0 Å². The molecule has 0 amide bonds. The number of hydrogen-bond acceptors (Lipinski definition) is 3. The Morgan fingerprint density at radius 1 is 1.58 bits per heavy atom. The van der Waals surface area contributed by atoms with Crippen LogP contribution in [0, 0.1) is 6.10 Å². The Labute approximate surface area is 73.0 Å². The van der Waals surface area contributed by atoms with Crippen molar-refractivity contribution in [1.82, 2.24) is 0 Å². The summed E-state index contributed by atoms with van der Waals surface area (Å²) in [7, 11) is 0. The fourth-order valence-corrected chi connectivity index (χ4v) is 0.674. The third-order valence-corrected chi connectivity index (χ3v) is 1.38. The van der Waals surface area contributed by atoms with Crippen LogP contribution in [0.3, 0.4) is 0 Å². The topological polar surface area (TPSA) is 46.5 Å². The average molecular weight is 171 g/mol. The summed E-state index contributed by atoms with van der Waals surface area (Å²) in [6.45, 7) is 5.67.